The number of carbonyl (C=O) groups is 2. The van der Waals surface area contributed by atoms with Crippen LogP contribution < -0.4 is 20.1 Å². The number of likely N-dealkylation sites (N-methyl/N-ethyl adjacent to an activating group) is 1. The summed E-state index contributed by atoms with van der Waals surface area (Å²) in [5, 5.41) is 5.43. The summed E-state index contributed by atoms with van der Waals surface area (Å²) in [5.74, 6) is 1.03. The van der Waals surface area contributed by atoms with Gasteiger partial charge in [-0.3, -0.25) is 4.90 Å². The molecule has 2 heterocycles. The number of nitrogens with zero attached hydrogens (tertiary/aromatic N) is 1. The van der Waals surface area contributed by atoms with Crippen molar-refractivity contribution in [2.24, 2.45) is 0 Å². The van der Waals surface area contributed by atoms with E-state index in [1.165, 1.54) is 0 Å². The van der Waals surface area contributed by atoms with Crippen molar-refractivity contribution >= 4 is 12.0 Å². The van der Waals surface area contributed by atoms with E-state index in [1.54, 1.807) is 13.8 Å². The number of rotatable bonds is 6. The summed E-state index contributed by atoms with van der Waals surface area (Å²) in [4.78, 5) is 26.1. The van der Waals surface area contributed by atoms with Crippen molar-refractivity contribution in [3.05, 3.63) is 35.5 Å². The highest BCUT2D eigenvalue weighted by Gasteiger charge is 2.31. The van der Waals surface area contributed by atoms with Gasteiger partial charge in [-0.2, -0.15) is 0 Å². The molecule has 2 aliphatic heterocycles. The van der Waals surface area contributed by atoms with Gasteiger partial charge in [-0.15, -0.1) is 0 Å². The average molecular weight is 375 g/mol. The van der Waals surface area contributed by atoms with Crippen LogP contribution in [0.4, 0.5) is 4.79 Å². The lowest BCUT2D eigenvalue weighted by atomic mass is 10.0. The first-order chi connectivity index (χ1) is 13.0. The van der Waals surface area contributed by atoms with E-state index in [0.717, 1.165) is 11.5 Å². The Labute approximate surface area is 158 Å². The van der Waals surface area contributed by atoms with Crippen LogP contribution in [-0.4, -0.2) is 62.4 Å². The third kappa shape index (κ3) is 4.51. The van der Waals surface area contributed by atoms with Gasteiger partial charge in [-0.25, -0.2) is 9.59 Å². The van der Waals surface area contributed by atoms with Crippen molar-refractivity contribution < 1.29 is 23.8 Å². The molecule has 0 aliphatic carbocycles. The molecule has 0 radical (unpaired) electrons. The number of para-hydroxylation sites is 2. The minimum Gasteiger partial charge on any atom is -0.486 e. The second-order valence-electron chi connectivity index (χ2n) is 6.63. The van der Waals surface area contributed by atoms with Gasteiger partial charge in [-0.1, -0.05) is 12.1 Å². The normalized spacial score (nSPS) is 21.6. The number of amides is 2. The maximum Gasteiger partial charge on any atom is 0.337 e. The number of carbonyl (C=O) groups excluding carboxylic acids is 2. The number of ether oxygens (including phenoxy) is 3. The molecular formula is C19H25N3O5. The molecule has 0 saturated heterocycles. The molecule has 1 aromatic carbocycles. The van der Waals surface area contributed by atoms with E-state index in [0.29, 0.717) is 31.0 Å². The molecule has 2 amide bonds. The van der Waals surface area contributed by atoms with Crippen LogP contribution in [0.3, 0.4) is 0 Å². The molecule has 0 spiro atoms. The average Bonchev–Trinajstić information content (AvgIpc) is 2.61. The lowest BCUT2D eigenvalue weighted by molar-refractivity contribution is -0.139. The first kappa shape index (κ1) is 19.0. The molecule has 27 heavy (non-hydrogen) atoms. The summed E-state index contributed by atoms with van der Waals surface area (Å²) in [6, 6.07) is 6.80. The Morgan fingerprint density at radius 2 is 2.07 bits per heavy atom. The van der Waals surface area contributed by atoms with Crippen molar-refractivity contribution in [3.8, 4) is 11.5 Å². The smallest absolute Gasteiger partial charge is 0.337 e. The molecule has 2 unspecified atom stereocenters. The molecule has 1 aromatic rings. The van der Waals surface area contributed by atoms with Crippen molar-refractivity contribution in [2.75, 3.05) is 33.4 Å². The van der Waals surface area contributed by atoms with Gasteiger partial charge in [0.25, 0.3) is 0 Å². The Bertz CT molecular complexity index is 749. The fraction of sp³-hybridized carbons (Fsp3) is 0.474. The SMILES string of the molecule is CCOC(=O)C1=C(CN(C)CC2COc3ccccc3O2)NC(=O)NC1C. The molecular weight excluding hydrogens is 350 g/mol. The number of fused-ring (bicyclic) bond motifs is 1. The van der Waals surface area contributed by atoms with Gasteiger partial charge in [0.15, 0.2) is 11.5 Å². The number of hydrogen-bond acceptors (Lipinski definition) is 6. The van der Waals surface area contributed by atoms with Crippen LogP contribution in [0.1, 0.15) is 13.8 Å². The largest absolute Gasteiger partial charge is 0.486 e. The van der Waals surface area contributed by atoms with Gasteiger partial charge in [0.1, 0.15) is 12.7 Å². The highest BCUT2D eigenvalue weighted by molar-refractivity contribution is 5.94. The molecule has 0 bridgehead atoms. The molecule has 8 heteroatoms. The maximum atomic E-state index is 12.3. The third-order valence-corrected chi connectivity index (χ3v) is 4.38. The monoisotopic (exact) mass is 375 g/mol. The van der Waals surface area contributed by atoms with Crippen LogP contribution in [-0.2, 0) is 9.53 Å². The zero-order valence-corrected chi connectivity index (χ0v) is 15.8. The van der Waals surface area contributed by atoms with E-state index in [-0.39, 0.29) is 18.7 Å². The molecule has 146 valence electrons. The summed E-state index contributed by atoms with van der Waals surface area (Å²) in [6.45, 7) is 5.19. The Kier molecular flexibility index (Phi) is 5.85. The lowest BCUT2D eigenvalue weighted by Gasteiger charge is -2.32. The van der Waals surface area contributed by atoms with Crippen molar-refractivity contribution in [2.45, 2.75) is 26.0 Å². The van der Waals surface area contributed by atoms with Gasteiger partial charge >= 0.3 is 12.0 Å². The predicted molar refractivity (Wildman–Crippen MR) is 98.6 cm³/mol. The van der Waals surface area contributed by atoms with Crippen molar-refractivity contribution in [3.63, 3.8) is 0 Å². The Hall–Kier alpha value is -2.74. The molecule has 3 rings (SSSR count). The van der Waals surface area contributed by atoms with Crippen molar-refractivity contribution in [1.82, 2.24) is 15.5 Å². The topological polar surface area (TPSA) is 89.1 Å². The zero-order chi connectivity index (χ0) is 19.4. The first-order valence-corrected chi connectivity index (χ1v) is 9.02. The van der Waals surface area contributed by atoms with Crippen LogP contribution in [0.25, 0.3) is 0 Å². The van der Waals surface area contributed by atoms with Crippen LogP contribution in [0.2, 0.25) is 0 Å². The number of benzene rings is 1. The molecule has 2 N–H and O–H groups in total. The predicted octanol–water partition coefficient (Wildman–Crippen LogP) is 1.28. The van der Waals surface area contributed by atoms with Gasteiger partial charge in [0.2, 0.25) is 0 Å². The minimum atomic E-state index is -0.424. The number of hydrogen-bond donors (Lipinski definition) is 2. The number of nitrogens with one attached hydrogen (secondary N) is 2. The molecule has 8 nitrogen and oxygen atoms in total. The summed E-state index contributed by atoms with van der Waals surface area (Å²) < 4.78 is 16.8. The maximum absolute atomic E-state index is 12.3. The molecule has 0 saturated carbocycles. The van der Waals surface area contributed by atoms with Crippen LogP contribution in [0.5, 0.6) is 11.5 Å². The molecule has 2 atom stereocenters. The van der Waals surface area contributed by atoms with Gasteiger partial charge < -0.3 is 24.8 Å². The number of esters is 1. The van der Waals surface area contributed by atoms with Crippen LogP contribution in [0, 0.1) is 0 Å². The molecule has 0 aromatic heterocycles. The fourth-order valence-electron chi connectivity index (χ4n) is 3.24. The van der Waals surface area contributed by atoms with Gasteiger partial charge in [0.05, 0.1) is 18.2 Å². The van der Waals surface area contributed by atoms with Gasteiger partial charge in [0, 0.05) is 18.8 Å². The van der Waals surface area contributed by atoms with Crippen LogP contribution >= 0.6 is 0 Å². The minimum absolute atomic E-state index is 0.147. The molecule has 0 fully saturated rings. The Morgan fingerprint density at radius 3 is 2.81 bits per heavy atom. The second kappa shape index (κ2) is 8.30. The fourth-order valence-corrected chi connectivity index (χ4v) is 3.24. The van der Waals surface area contributed by atoms with Gasteiger partial charge in [-0.05, 0) is 33.0 Å². The number of urea groups is 1. The summed E-state index contributed by atoms with van der Waals surface area (Å²) in [6.07, 6.45) is -0.147. The van der Waals surface area contributed by atoms with E-state index in [4.69, 9.17) is 14.2 Å². The Balaban J connectivity index is 1.67. The van der Waals surface area contributed by atoms with E-state index in [1.807, 2.05) is 36.2 Å². The van der Waals surface area contributed by atoms with Crippen molar-refractivity contribution in [1.29, 1.82) is 0 Å². The van der Waals surface area contributed by atoms with E-state index < -0.39 is 12.0 Å². The van der Waals surface area contributed by atoms with Crippen LogP contribution in [0.15, 0.2) is 35.5 Å². The first-order valence-electron chi connectivity index (χ1n) is 9.02. The summed E-state index contributed by atoms with van der Waals surface area (Å²) in [5.41, 5.74) is 0.985. The third-order valence-electron chi connectivity index (χ3n) is 4.38. The van der Waals surface area contributed by atoms with E-state index in [9.17, 15) is 9.59 Å². The highest BCUT2D eigenvalue weighted by atomic mass is 16.6. The lowest BCUT2D eigenvalue weighted by Crippen LogP contribution is -2.51. The summed E-state index contributed by atoms with van der Waals surface area (Å²) >= 11 is 0. The highest BCUT2D eigenvalue weighted by Crippen LogP contribution is 2.31. The zero-order valence-electron chi connectivity index (χ0n) is 15.8. The van der Waals surface area contributed by atoms with E-state index in [2.05, 4.69) is 10.6 Å². The summed E-state index contributed by atoms with van der Waals surface area (Å²) in [7, 11) is 1.90. The second-order valence-corrected chi connectivity index (χ2v) is 6.63. The standard InChI is InChI=1S/C19H25N3O5/c1-4-25-18(23)17-12(2)20-19(24)21-14(17)10-22(3)9-13-11-26-15-7-5-6-8-16(15)27-13/h5-8,12-13H,4,9-11H2,1-3H3,(H2,20,21,24). The quantitative estimate of drug-likeness (QED) is 0.728. The molecule has 2 aliphatic rings. The van der Waals surface area contributed by atoms with E-state index >= 15 is 0 Å². The Morgan fingerprint density at radius 1 is 1.33 bits per heavy atom.